The van der Waals surface area contributed by atoms with Gasteiger partial charge in [0.05, 0.1) is 12.1 Å². The number of hydrogen-bond acceptors (Lipinski definition) is 3. The molecule has 0 saturated carbocycles. The highest BCUT2D eigenvalue weighted by Crippen LogP contribution is 2.30. The SMILES string of the molecule is COc1ccc(N2C(=O)NC(=O)[C@H]2C)cc1Cl. The van der Waals surface area contributed by atoms with E-state index < -0.39 is 12.1 Å². The summed E-state index contributed by atoms with van der Waals surface area (Å²) in [6.45, 7) is 1.65. The van der Waals surface area contributed by atoms with Gasteiger partial charge in [-0.2, -0.15) is 0 Å². The molecule has 1 atom stereocenters. The zero-order chi connectivity index (χ0) is 12.6. The van der Waals surface area contributed by atoms with E-state index in [-0.39, 0.29) is 5.91 Å². The van der Waals surface area contributed by atoms with Crippen molar-refractivity contribution in [3.8, 4) is 5.75 Å². The van der Waals surface area contributed by atoms with Gasteiger partial charge < -0.3 is 4.74 Å². The van der Waals surface area contributed by atoms with Gasteiger partial charge in [-0.3, -0.25) is 15.0 Å². The molecule has 1 N–H and O–H groups in total. The molecule has 17 heavy (non-hydrogen) atoms. The van der Waals surface area contributed by atoms with Crippen molar-refractivity contribution in [3.05, 3.63) is 23.2 Å². The fourth-order valence-electron chi connectivity index (χ4n) is 1.71. The van der Waals surface area contributed by atoms with Gasteiger partial charge >= 0.3 is 6.03 Å². The highest BCUT2D eigenvalue weighted by molar-refractivity contribution is 6.32. The summed E-state index contributed by atoms with van der Waals surface area (Å²) in [5.74, 6) is 0.205. The fraction of sp³-hybridized carbons (Fsp3) is 0.273. The second-order valence-electron chi connectivity index (χ2n) is 3.66. The molecule has 1 saturated heterocycles. The first-order chi connectivity index (χ1) is 8.04. The van der Waals surface area contributed by atoms with E-state index in [1.165, 1.54) is 12.0 Å². The number of imide groups is 1. The average molecular weight is 255 g/mol. The van der Waals surface area contributed by atoms with Crippen molar-refractivity contribution in [1.82, 2.24) is 5.32 Å². The van der Waals surface area contributed by atoms with Gasteiger partial charge in [0.15, 0.2) is 0 Å². The Kier molecular flexibility index (Phi) is 2.93. The van der Waals surface area contributed by atoms with Gasteiger partial charge in [0.1, 0.15) is 11.8 Å². The topological polar surface area (TPSA) is 58.6 Å². The highest BCUT2D eigenvalue weighted by Gasteiger charge is 2.36. The maximum absolute atomic E-state index is 11.6. The Balaban J connectivity index is 2.38. The molecule has 1 heterocycles. The minimum Gasteiger partial charge on any atom is -0.495 e. The van der Waals surface area contributed by atoms with E-state index in [9.17, 15) is 9.59 Å². The number of rotatable bonds is 2. The number of amides is 3. The molecule has 0 aliphatic carbocycles. The van der Waals surface area contributed by atoms with E-state index in [0.717, 1.165) is 0 Å². The van der Waals surface area contributed by atoms with Crippen LogP contribution < -0.4 is 15.0 Å². The lowest BCUT2D eigenvalue weighted by molar-refractivity contribution is -0.119. The summed E-state index contributed by atoms with van der Waals surface area (Å²) in [6, 6.07) is 3.95. The van der Waals surface area contributed by atoms with E-state index in [4.69, 9.17) is 16.3 Å². The highest BCUT2D eigenvalue weighted by atomic mass is 35.5. The predicted molar refractivity (Wildman–Crippen MR) is 63.5 cm³/mol. The molecule has 2 rings (SSSR count). The molecule has 0 radical (unpaired) electrons. The molecule has 5 nitrogen and oxygen atoms in total. The number of anilines is 1. The van der Waals surface area contributed by atoms with Gasteiger partial charge in [0.2, 0.25) is 0 Å². The number of ether oxygens (including phenoxy) is 1. The normalized spacial score (nSPS) is 19.5. The van der Waals surface area contributed by atoms with Crippen molar-refractivity contribution in [2.75, 3.05) is 12.0 Å². The molecule has 1 aliphatic rings. The molecule has 3 amide bonds. The Labute approximate surface area is 103 Å². The van der Waals surface area contributed by atoms with Crippen LogP contribution in [0.15, 0.2) is 18.2 Å². The number of benzene rings is 1. The maximum atomic E-state index is 11.6. The fourth-order valence-corrected chi connectivity index (χ4v) is 1.96. The van der Waals surface area contributed by atoms with Crippen molar-refractivity contribution >= 4 is 29.2 Å². The zero-order valence-corrected chi connectivity index (χ0v) is 10.1. The number of urea groups is 1. The van der Waals surface area contributed by atoms with Gasteiger partial charge in [0, 0.05) is 5.69 Å². The van der Waals surface area contributed by atoms with Crippen molar-refractivity contribution in [2.45, 2.75) is 13.0 Å². The lowest BCUT2D eigenvalue weighted by Crippen LogP contribution is -2.32. The first kappa shape index (κ1) is 11.7. The summed E-state index contributed by atoms with van der Waals surface area (Å²) in [6.07, 6.45) is 0. The first-order valence-electron chi connectivity index (χ1n) is 5.02. The number of carbonyl (C=O) groups is 2. The second-order valence-corrected chi connectivity index (χ2v) is 4.07. The molecule has 0 spiro atoms. The number of hydrogen-bond donors (Lipinski definition) is 1. The lowest BCUT2D eigenvalue weighted by atomic mass is 10.2. The molecule has 0 unspecified atom stereocenters. The quantitative estimate of drug-likeness (QED) is 0.819. The van der Waals surface area contributed by atoms with Gasteiger partial charge in [-0.15, -0.1) is 0 Å². The molecule has 6 heteroatoms. The minimum atomic E-state index is -0.535. The van der Waals surface area contributed by atoms with Crippen molar-refractivity contribution in [2.24, 2.45) is 0 Å². The Morgan fingerprint density at radius 3 is 2.59 bits per heavy atom. The summed E-state index contributed by atoms with van der Waals surface area (Å²) in [4.78, 5) is 24.3. The van der Waals surface area contributed by atoms with Crippen LogP contribution in [-0.2, 0) is 4.79 Å². The summed E-state index contributed by atoms with van der Waals surface area (Å²) in [5.41, 5.74) is 0.562. The summed E-state index contributed by atoms with van der Waals surface area (Å²) in [5, 5.41) is 2.63. The third kappa shape index (κ3) is 1.93. The second kappa shape index (κ2) is 4.25. The van der Waals surface area contributed by atoms with Crippen LogP contribution in [0.2, 0.25) is 5.02 Å². The molecule has 1 aliphatic heterocycles. The smallest absolute Gasteiger partial charge is 0.329 e. The third-order valence-electron chi connectivity index (χ3n) is 2.63. The standard InChI is InChI=1S/C11H11ClN2O3/c1-6-10(15)13-11(16)14(6)7-3-4-9(17-2)8(12)5-7/h3-6H,1-2H3,(H,13,15,16)/t6-/m1/s1. The summed E-state index contributed by atoms with van der Waals surface area (Å²) < 4.78 is 5.02. The number of nitrogens with one attached hydrogen (secondary N) is 1. The van der Waals surface area contributed by atoms with Crippen LogP contribution in [0.3, 0.4) is 0 Å². The van der Waals surface area contributed by atoms with Gasteiger partial charge in [-0.05, 0) is 25.1 Å². The average Bonchev–Trinajstić information content (AvgIpc) is 2.53. The van der Waals surface area contributed by atoms with Crippen LogP contribution in [0, 0.1) is 0 Å². The maximum Gasteiger partial charge on any atom is 0.329 e. The van der Waals surface area contributed by atoms with Crippen LogP contribution in [0.1, 0.15) is 6.92 Å². The summed E-state index contributed by atoms with van der Waals surface area (Å²) >= 11 is 5.97. The van der Waals surface area contributed by atoms with E-state index in [2.05, 4.69) is 5.32 Å². The molecular weight excluding hydrogens is 244 g/mol. The molecule has 1 aromatic carbocycles. The van der Waals surface area contributed by atoms with Crippen molar-refractivity contribution < 1.29 is 14.3 Å². The molecular formula is C11H11ClN2O3. The van der Waals surface area contributed by atoms with Crippen LogP contribution in [0.5, 0.6) is 5.75 Å². The van der Waals surface area contributed by atoms with Crippen LogP contribution in [-0.4, -0.2) is 25.1 Å². The van der Waals surface area contributed by atoms with Crippen LogP contribution in [0.4, 0.5) is 10.5 Å². The molecule has 1 aromatic rings. The minimum absolute atomic E-state index is 0.318. The number of nitrogens with zero attached hydrogens (tertiary/aromatic N) is 1. The van der Waals surface area contributed by atoms with Crippen molar-refractivity contribution in [1.29, 1.82) is 0 Å². The third-order valence-corrected chi connectivity index (χ3v) is 2.92. The van der Waals surface area contributed by atoms with Gasteiger partial charge in [0.25, 0.3) is 5.91 Å². The molecule has 0 aromatic heterocycles. The lowest BCUT2D eigenvalue weighted by Gasteiger charge is -2.19. The Bertz CT molecular complexity index is 490. The Hall–Kier alpha value is -1.75. The van der Waals surface area contributed by atoms with Gasteiger partial charge in [-0.1, -0.05) is 11.6 Å². The monoisotopic (exact) mass is 254 g/mol. The molecule has 90 valence electrons. The number of halogens is 1. The number of carbonyl (C=O) groups excluding carboxylic acids is 2. The van der Waals surface area contributed by atoms with E-state index in [0.29, 0.717) is 16.5 Å². The van der Waals surface area contributed by atoms with Crippen LogP contribution >= 0.6 is 11.6 Å². The Morgan fingerprint density at radius 1 is 1.41 bits per heavy atom. The van der Waals surface area contributed by atoms with E-state index in [1.54, 1.807) is 25.1 Å². The van der Waals surface area contributed by atoms with Gasteiger partial charge in [-0.25, -0.2) is 4.79 Å². The van der Waals surface area contributed by atoms with Crippen molar-refractivity contribution in [3.63, 3.8) is 0 Å². The largest absolute Gasteiger partial charge is 0.495 e. The molecule has 0 bridgehead atoms. The first-order valence-corrected chi connectivity index (χ1v) is 5.40. The summed E-state index contributed by atoms with van der Waals surface area (Å²) in [7, 11) is 1.51. The zero-order valence-electron chi connectivity index (χ0n) is 9.36. The Morgan fingerprint density at radius 2 is 2.12 bits per heavy atom. The predicted octanol–water partition coefficient (Wildman–Crippen LogP) is 1.79. The van der Waals surface area contributed by atoms with E-state index >= 15 is 0 Å². The van der Waals surface area contributed by atoms with Crippen LogP contribution in [0.25, 0.3) is 0 Å². The van der Waals surface area contributed by atoms with E-state index in [1.807, 2.05) is 0 Å². The molecule has 1 fully saturated rings. The number of methoxy groups -OCH3 is 1.